The van der Waals surface area contributed by atoms with Crippen LogP contribution in [0.15, 0.2) is 48.8 Å². The predicted octanol–water partition coefficient (Wildman–Crippen LogP) is 2.57. The molecule has 0 bridgehead atoms. The van der Waals surface area contributed by atoms with Gasteiger partial charge in [0.25, 0.3) is 0 Å². The molecule has 28 heavy (non-hydrogen) atoms. The fourth-order valence-corrected chi connectivity index (χ4v) is 4.32. The van der Waals surface area contributed by atoms with E-state index in [4.69, 9.17) is 5.11 Å². The van der Waals surface area contributed by atoms with E-state index in [2.05, 4.69) is 83.1 Å². The number of benzene rings is 1. The number of thioether (sulfide) groups is 1. The number of pyridine rings is 1. The number of nitrogens with one attached hydrogen (secondary N) is 1. The lowest BCUT2D eigenvalue weighted by Gasteiger charge is -2.31. The molecule has 1 unspecified atom stereocenters. The molecule has 0 aliphatic carbocycles. The highest BCUT2D eigenvalue weighted by molar-refractivity contribution is 8.13. The van der Waals surface area contributed by atoms with Crippen molar-refractivity contribution in [2.75, 3.05) is 38.3 Å². The fraction of sp³-hybridized carbons (Fsp3) is 0.364. The number of anilines is 1. The van der Waals surface area contributed by atoms with Crippen molar-refractivity contribution in [3.63, 3.8) is 0 Å². The second kappa shape index (κ2) is 9.75. The van der Waals surface area contributed by atoms with Gasteiger partial charge in [-0.25, -0.2) is 14.0 Å². The molecule has 0 amide bonds. The van der Waals surface area contributed by atoms with Crippen LogP contribution in [-0.4, -0.2) is 58.9 Å². The second-order valence-electron chi connectivity index (χ2n) is 6.92. The van der Waals surface area contributed by atoms with Gasteiger partial charge >= 0.3 is 5.17 Å². The Labute approximate surface area is 172 Å². The van der Waals surface area contributed by atoms with E-state index in [1.807, 2.05) is 30.0 Å². The molecular formula is C22H30N4OS+2. The Morgan fingerprint density at radius 2 is 1.93 bits per heavy atom. The summed E-state index contributed by atoms with van der Waals surface area (Å²) in [5, 5.41) is 13.6. The summed E-state index contributed by atoms with van der Waals surface area (Å²) in [6, 6.07) is 12.4. The summed E-state index contributed by atoms with van der Waals surface area (Å²) < 4.78 is 4.54. The van der Waals surface area contributed by atoms with E-state index >= 15 is 0 Å². The van der Waals surface area contributed by atoms with Crippen molar-refractivity contribution < 1.29 is 14.2 Å². The van der Waals surface area contributed by atoms with Crippen LogP contribution in [0, 0.1) is 0 Å². The Hall–Kier alpha value is -2.31. The molecule has 148 valence electrons. The van der Waals surface area contributed by atoms with E-state index in [0.717, 1.165) is 23.5 Å². The molecule has 5 nitrogen and oxygen atoms in total. The Bertz CT molecular complexity index is 848. The first kappa shape index (κ1) is 20.4. The van der Waals surface area contributed by atoms with Gasteiger partial charge in [0.1, 0.15) is 0 Å². The van der Waals surface area contributed by atoms with Crippen molar-refractivity contribution in [2.24, 2.45) is 0 Å². The number of hydrogen-bond acceptors (Lipinski definition) is 4. The molecule has 2 N–H and O–H groups in total. The quantitative estimate of drug-likeness (QED) is 0.671. The van der Waals surface area contributed by atoms with Crippen molar-refractivity contribution in [1.29, 1.82) is 0 Å². The fourth-order valence-electron chi connectivity index (χ4n) is 3.13. The van der Waals surface area contributed by atoms with Crippen LogP contribution in [0.3, 0.4) is 0 Å². The highest BCUT2D eigenvalue weighted by atomic mass is 32.2. The maximum absolute atomic E-state index is 9.01. The van der Waals surface area contributed by atoms with Gasteiger partial charge in [-0.2, -0.15) is 0 Å². The number of amidine groups is 1. The molecule has 1 aliphatic heterocycles. The molecule has 3 rings (SSSR count). The molecule has 1 aromatic heterocycles. The maximum atomic E-state index is 9.01. The summed E-state index contributed by atoms with van der Waals surface area (Å²) in [4.78, 5) is 2.32. The van der Waals surface area contributed by atoms with Crippen LogP contribution >= 0.6 is 11.8 Å². The molecule has 0 saturated heterocycles. The van der Waals surface area contributed by atoms with Crippen LogP contribution in [0.4, 0.5) is 5.69 Å². The van der Waals surface area contributed by atoms with Crippen LogP contribution in [0.5, 0.6) is 0 Å². The van der Waals surface area contributed by atoms with Gasteiger partial charge in [0.05, 0.1) is 26.5 Å². The highest BCUT2D eigenvalue weighted by Gasteiger charge is 2.37. The lowest BCUT2D eigenvalue weighted by atomic mass is 10.1. The number of hydrogen-bond donors (Lipinski definition) is 2. The Balaban J connectivity index is 1.54. The molecule has 1 atom stereocenters. The molecule has 1 aromatic carbocycles. The van der Waals surface area contributed by atoms with E-state index < -0.39 is 0 Å². The number of aromatic nitrogens is 1. The van der Waals surface area contributed by atoms with Gasteiger partial charge in [0.15, 0.2) is 18.9 Å². The van der Waals surface area contributed by atoms with Crippen LogP contribution < -0.4 is 9.88 Å². The first-order valence-corrected chi connectivity index (χ1v) is 10.6. The normalized spacial score (nSPS) is 16.6. The van der Waals surface area contributed by atoms with E-state index in [9.17, 15) is 0 Å². The number of rotatable bonds is 8. The number of aliphatic hydroxyl groups excluding tert-OH is 1. The molecule has 0 saturated carbocycles. The zero-order chi connectivity index (χ0) is 19.9. The molecule has 6 heteroatoms. The number of aliphatic hydroxyl groups is 1. The van der Waals surface area contributed by atoms with Crippen LogP contribution in [0.2, 0.25) is 0 Å². The zero-order valence-corrected chi connectivity index (χ0v) is 17.7. The molecular weight excluding hydrogens is 368 g/mol. The number of para-hydroxylation sites is 1. The van der Waals surface area contributed by atoms with Crippen LogP contribution in [0.1, 0.15) is 18.1 Å². The molecule has 0 spiro atoms. The molecule has 1 aliphatic rings. The van der Waals surface area contributed by atoms with Crippen LogP contribution in [0.25, 0.3) is 12.2 Å². The zero-order valence-electron chi connectivity index (χ0n) is 16.9. The third-order valence-corrected chi connectivity index (χ3v) is 6.29. The Morgan fingerprint density at radius 1 is 1.18 bits per heavy atom. The van der Waals surface area contributed by atoms with Crippen LogP contribution in [-0.2, 0) is 6.54 Å². The predicted molar refractivity (Wildman–Crippen MR) is 118 cm³/mol. The average Bonchev–Trinajstić information content (AvgIpc) is 2.74. The lowest BCUT2D eigenvalue weighted by molar-refractivity contribution is -0.692. The van der Waals surface area contributed by atoms with Gasteiger partial charge in [0, 0.05) is 31.3 Å². The van der Waals surface area contributed by atoms with E-state index in [0.29, 0.717) is 12.7 Å². The molecule has 2 aromatic rings. The van der Waals surface area contributed by atoms with Gasteiger partial charge in [-0.3, -0.25) is 0 Å². The van der Waals surface area contributed by atoms with Gasteiger partial charge in [0.2, 0.25) is 6.17 Å². The molecule has 0 radical (unpaired) electrons. The standard InChI is InChI=1S/C22H29N4OS/c1-18-24(2)22(25(18)3)28-17-15-26-13-10-19(11-14-26)8-9-20-6-4-5-7-21(20)23-12-16-27/h4-11,13-14,18,27H,12,15-17H2,1-3H3/q+1/p+1. The topological polar surface area (TPSA) is 42.4 Å². The third-order valence-electron chi connectivity index (χ3n) is 5.07. The largest absolute Gasteiger partial charge is 0.395 e. The van der Waals surface area contributed by atoms with Gasteiger partial charge in [-0.1, -0.05) is 30.4 Å². The number of aryl methyl sites for hydroxylation is 1. The van der Waals surface area contributed by atoms with E-state index in [1.165, 1.54) is 10.7 Å². The van der Waals surface area contributed by atoms with Gasteiger partial charge < -0.3 is 10.4 Å². The van der Waals surface area contributed by atoms with Crippen molar-refractivity contribution in [1.82, 2.24) is 4.90 Å². The summed E-state index contributed by atoms with van der Waals surface area (Å²) in [7, 11) is 4.30. The van der Waals surface area contributed by atoms with Crippen molar-refractivity contribution in [3.8, 4) is 0 Å². The summed E-state index contributed by atoms with van der Waals surface area (Å²) in [6.07, 6.45) is 9.00. The van der Waals surface area contributed by atoms with Gasteiger partial charge in [-0.15, -0.1) is 0 Å². The SMILES string of the molecule is CC1N(C)C(SCC[n+]2ccc(/C=C/c3ccccc3NCCO)cc2)=[N+]1C. The summed E-state index contributed by atoms with van der Waals surface area (Å²) >= 11 is 1.91. The van der Waals surface area contributed by atoms with Crippen molar-refractivity contribution >= 4 is 34.8 Å². The third kappa shape index (κ3) is 4.94. The van der Waals surface area contributed by atoms with E-state index in [-0.39, 0.29) is 6.61 Å². The molecule has 0 fully saturated rings. The van der Waals surface area contributed by atoms with Crippen molar-refractivity contribution in [2.45, 2.75) is 19.6 Å². The minimum Gasteiger partial charge on any atom is -0.395 e. The first-order chi connectivity index (χ1) is 13.6. The minimum absolute atomic E-state index is 0.125. The summed E-state index contributed by atoms with van der Waals surface area (Å²) in [5.41, 5.74) is 3.32. The minimum atomic E-state index is 0.125. The monoisotopic (exact) mass is 398 g/mol. The van der Waals surface area contributed by atoms with Crippen molar-refractivity contribution in [3.05, 3.63) is 59.9 Å². The lowest BCUT2D eigenvalue weighted by Crippen LogP contribution is -2.55. The van der Waals surface area contributed by atoms with E-state index in [1.54, 1.807) is 0 Å². The smallest absolute Gasteiger partial charge is 0.314 e. The average molecular weight is 399 g/mol. The summed E-state index contributed by atoms with van der Waals surface area (Å²) in [6.45, 7) is 3.88. The Kier molecular flexibility index (Phi) is 7.12. The van der Waals surface area contributed by atoms with Gasteiger partial charge in [-0.05, 0) is 29.0 Å². The number of nitrogens with zero attached hydrogens (tertiary/aromatic N) is 3. The maximum Gasteiger partial charge on any atom is 0.314 e. The first-order valence-electron chi connectivity index (χ1n) is 9.66. The highest BCUT2D eigenvalue weighted by Crippen LogP contribution is 2.19. The molecule has 2 heterocycles. The Morgan fingerprint density at radius 3 is 2.64 bits per heavy atom. The summed E-state index contributed by atoms with van der Waals surface area (Å²) in [5.74, 6) is 1.06. The second-order valence-corrected chi connectivity index (χ2v) is 7.99.